The fourth-order valence-electron chi connectivity index (χ4n) is 0.902. The minimum Gasteiger partial charge on any atom is -0.394 e. The number of nitrogens with zero attached hydrogens (tertiary/aromatic N) is 1. The molecular weight excluding hydrogens is 276 g/mol. The van der Waals surface area contributed by atoms with E-state index in [1.807, 2.05) is 26.1 Å². The average molecular weight is 291 g/mol. The molecular formula is C10H15BrN2OS. The Morgan fingerprint density at radius 2 is 2.40 bits per heavy atom. The summed E-state index contributed by atoms with van der Waals surface area (Å²) in [7, 11) is 1.85. The highest BCUT2D eigenvalue weighted by Crippen LogP contribution is 2.27. The fourth-order valence-corrected chi connectivity index (χ4v) is 2.53. The lowest BCUT2D eigenvalue weighted by Crippen LogP contribution is -2.45. The molecule has 0 aliphatic heterocycles. The third-order valence-electron chi connectivity index (χ3n) is 2.20. The first-order chi connectivity index (χ1) is 7.11. The minimum absolute atomic E-state index is 0.112. The lowest BCUT2D eigenvalue weighted by molar-refractivity contribution is 0.200. The maximum absolute atomic E-state index is 9.22. The molecule has 1 heterocycles. The fraction of sp³-hybridized carbons (Fsp3) is 0.500. The van der Waals surface area contributed by atoms with Gasteiger partial charge in [-0.3, -0.25) is 0 Å². The summed E-state index contributed by atoms with van der Waals surface area (Å²) in [5.41, 5.74) is -0.262. The van der Waals surface area contributed by atoms with Crippen LogP contribution < -0.4 is 5.32 Å². The van der Waals surface area contributed by atoms with E-state index in [1.165, 1.54) is 0 Å². The number of hydrogen-bond acceptors (Lipinski definition) is 4. The molecule has 84 valence electrons. The van der Waals surface area contributed by atoms with Crippen molar-refractivity contribution in [3.05, 3.63) is 22.8 Å². The molecule has 0 aliphatic carbocycles. The van der Waals surface area contributed by atoms with Crippen LogP contribution in [0.3, 0.4) is 0 Å². The van der Waals surface area contributed by atoms with E-state index in [-0.39, 0.29) is 12.1 Å². The van der Waals surface area contributed by atoms with Gasteiger partial charge in [0.25, 0.3) is 0 Å². The summed E-state index contributed by atoms with van der Waals surface area (Å²) in [5.74, 6) is 0.773. The molecule has 1 rings (SSSR count). The van der Waals surface area contributed by atoms with E-state index in [0.717, 1.165) is 15.3 Å². The van der Waals surface area contributed by atoms with Crippen molar-refractivity contribution < 1.29 is 5.11 Å². The van der Waals surface area contributed by atoms with Crippen LogP contribution in [0.5, 0.6) is 0 Å². The average Bonchev–Trinajstić information content (AvgIpc) is 2.28. The minimum atomic E-state index is -0.262. The molecule has 0 bridgehead atoms. The van der Waals surface area contributed by atoms with Gasteiger partial charge in [0.1, 0.15) is 5.03 Å². The molecule has 2 N–H and O–H groups in total. The Kier molecular flexibility index (Phi) is 5.05. The van der Waals surface area contributed by atoms with Crippen molar-refractivity contribution in [2.24, 2.45) is 0 Å². The third kappa shape index (κ3) is 3.75. The van der Waals surface area contributed by atoms with Gasteiger partial charge in [-0.2, -0.15) is 0 Å². The van der Waals surface area contributed by atoms with Crippen molar-refractivity contribution in [1.82, 2.24) is 10.3 Å². The van der Waals surface area contributed by atoms with Gasteiger partial charge in [-0.25, -0.2) is 4.98 Å². The van der Waals surface area contributed by atoms with Gasteiger partial charge >= 0.3 is 0 Å². The summed E-state index contributed by atoms with van der Waals surface area (Å²) in [4.78, 5) is 4.26. The molecule has 1 aromatic rings. The molecule has 0 aromatic carbocycles. The van der Waals surface area contributed by atoms with E-state index in [0.29, 0.717) is 0 Å². The Balaban J connectivity index is 2.61. The molecule has 0 spiro atoms. The van der Waals surface area contributed by atoms with Crippen molar-refractivity contribution in [1.29, 1.82) is 0 Å². The smallest absolute Gasteiger partial charge is 0.110 e. The molecule has 0 saturated heterocycles. The van der Waals surface area contributed by atoms with E-state index in [9.17, 15) is 5.11 Å². The van der Waals surface area contributed by atoms with Gasteiger partial charge in [0.2, 0.25) is 0 Å². The normalized spacial score (nSPS) is 14.9. The number of nitrogens with one attached hydrogen (secondary N) is 1. The second-order valence-electron chi connectivity index (χ2n) is 3.55. The van der Waals surface area contributed by atoms with Crippen molar-refractivity contribution >= 4 is 27.7 Å². The van der Waals surface area contributed by atoms with Gasteiger partial charge in [0.15, 0.2) is 0 Å². The number of hydrogen-bond donors (Lipinski definition) is 2. The van der Waals surface area contributed by atoms with Crippen molar-refractivity contribution in [2.45, 2.75) is 17.5 Å². The number of halogens is 1. The first-order valence-electron chi connectivity index (χ1n) is 4.64. The second kappa shape index (κ2) is 5.84. The molecule has 0 saturated carbocycles. The number of likely N-dealkylation sites (N-methyl/N-ethyl adjacent to an activating group) is 1. The zero-order chi connectivity index (χ0) is 11.3. The highest BCUT2D eigenvalue weighted by molar-refractivity contribution is 9.10. The maximum Gasteiger partial charge on any atom is 0.110 e. The summed E-state index contributed by atoms with van der Waals surface area (Å²) in [6.07, 6.45) is 1.77. The van der Waals surface area contributed by atoms with Crippen LogP contribution in [-0.2, 0) is 0 Å². The monoisotopic (exact) mass is 290 g/mol. The standard InChI is InChI=1S/C10H15BrN2OS/c1-10(6-14,12-2)7-15-9-8(11)4-3-5-13-9/h3-5,12,14H,6-7H2,1-2H3. The van der Waals surface area contributed by atoms with Crippen molar-refractivity contribution in [2.75, 3.05) is 19.4 Å². The number of thioether (sulfide) groups is 1. The van der Waals surface area contributed by atoms with Crippen LogP contribution in [0.15, 0.2) is 27.8 Å². The number of rotatable bonds is 5. The predicted molar refractivity (Wildman–Crippen MR) is 67.2 cm³/mol. The molecule has 0 amide bonds. The zero-order valence-corrected chi connectivity index (χ0v) is 11.2. The van der Waals surface area contributed by atoms with Gasteiger partial charge in [-0.1, -0.05) is 0 Å². The van der Waals surface area contributed by atoms with Gasteiger partial charge in [0.05, 0.1) is 6.61 Å². The number of aliphatic hydroxyl groups is 1. The largest absolute Gasteiger partial charge is 0.394 e. The Morgan fingerprint density at radius 1 is 1.67 bits per heavy atom. The Morgan fingerprint density at radius 3 is 2.93 bits per heavy atom. The van der Waals surface area contributed by atoms with Crippen LogP contribution in [0, 0.1) is 0 Å². The Bertz CT molecular complexity index is 318. The summed E-state index contributed by atoms with van der Waals surface area (Å²) < 4.78 is 0.992. The predicted octanol–water partition coefficient (Wildman–Crippen LogP) is 1.91. The zero-order valence-electron chi connectivity index (χ0n) is 8.83. The molecule has 15 heavy (non-hydrogen) atoms. The van der Waals surface area contributed by atoms with Crippen LogP contribution >= 0.6 is 27.7 Å². The molecule has 0 aliphatic rings. The van der Waals surface area contributed by atoms with Gasteiger partial charge in [0, 0.05) is 22.0 Å². The van der Waals surface area contributed by atoms with E-state index in [1.54, 1.807) is 18.0 Å². The molecule has 1 aromatic heterocycles. The molecule has 3 nitrogen and oxygen atoms in total. The third-order valence-corrected chi connectivity index (χ3v) is 4.49. The molecule has 5 heteroatoms. The van der Waals surface area contributed by atoms with E-state index in [4.69, 9.17) is 0 Å². The number of aromatic nitrogens is 1. The SMILES string of the molecule is CNC(C)(CO)CSc1ncccc1Br. The Hall–Kier alpha value is -0.100. The first-order valence-corrected chi connectivity index (χ1v) is 6.42. The van der Waals surface area contributed by atoms with Crippen LogP contribution in [0.4, 0.5) is 0 Å². The van der Waals surface area contributed by atoms with Crippen LogP contribution in [0.25, 0.3) is 0 Å². The number of pyridine rings is 1. The van der Waals surface area contributed by atoms with Gasteiger partial charge in [-0.05, 0) is 42.0 Å². The van der Waals surface area contributed by atoms with Gasteiger partial charge < -0.3 is 10.4 Å². The second-order valence-corrected chi connectivity index (χ2v) is 5.37. The summed E-state index contributed by atoms with van der Waals surface area (Å²) in [6, 6.07) is 3.85. The van der Waals surface area contributed by atoms with Gasteiger partial charge in [-0.15, -0.1) is 11.8 Å². The summed E-state index contributed by atoms with van der Waals surface area (Å²) in [6.45, 7) is 2.10. The van der Waals surface area contributed by atoms with Crippen molar-refractivity contribution in [3.63, 3.8) is 0 Å². The number of aliphatic hydroxyl groups excluding tert-OH is 1. The quantitative estimate of drug-likeness (QED) is 0.813. The molecule has 0 radical (unpaired) electrons. The highest BCUT2D eigenvalue weighted by Gasteiger charge is 2.21. The Labute approximate surface area is 103 Å². The van der Waals surface area contributed by atoms with E-state index >= 15 is 0 Å². The summed E-state index contributed by atoms with van der Waals surface area (Å²) in [5, 5.41) is 13.3. The molecule has 1 unspecified atom stereocenters. The van der Waals surface area contributed by atoms with Crippen molar-refractivity contribution in [3.8, 4) is 0 Å². The lowest BCUT2D eigenvalue weighted by atomic mass is 10.1. The van der Waals surface area contributed by atoms with Crippen LogP contribution in [0.2, 0.25) is 0 Å². The lowest BCUT2D eigenvalue weighted by Gasteiger charge is -2.26. The topological polar surface area (TPSA) is 45.1 Å². The molecule has 0 fully saturated rings. The summed E-state index contributed by atoms with van der Waals surface area (Å²) >= 11 is 5.06. The van der Waals surface area contributed by atoms with Crippen LogP contribution in [0.1, 0.15) is 6.92 Å². The van der Waals surface area contributed by atoms with E-state index in [2.05, 4.69) is 26.2 Å². The van der Waals surface area contributed by atoms with E-state index < -0.39 is 0 Å². The first kappa shape index (κ1) is 13.0. The highest BCUT2D eigenvalue weighted by atomic mass is 79.9. The maximum atomic E-state index is 9.22. The molecule has 1 atom stereocenters. The van der Waals surface area contributed by atoms with Crippen LogP contribution in [-0.4, -0.2) is 35.0 Å².